The van der Waals surface area contributed by atoms with Crippen molar-refractivity contribution in [1.82, 2.24) is 4.90 Å². The monoisotopic (exact) mass is 267 g/mol. The van der Waals surface area contributed by atoms with Crippen LogP contribution in [0.4, 0.5) is 0 Å². The van der Waals surface area contributed by atoms with E-state index in [1.165, 1.54) is 22.3 Å². The van der Waals surface area contributed by atoms with Crippen LogP contribution < -0.4 is 4.57 Å². The Labute approximate surface area is 112 Å². The van der Waals surface area contributed by atoms with Crippen LogP contribution in [0.3, 0.4) is 0 Å². The van der Waals surface area contributed by atoms with Gasteiger partial charge in [-0.1, -0.05) is 17.4 Å². The molecule has 1 aromatic heterocycles. The summed E-state index contributed by atoms with van der Waals surface area (Å²) < 4.78 is 2.26. The van der Waals surface area contributed by atoms with Gasteiger partial charge >= 0.3 is 0 Å². The lowest BCUT2D eigenvalue weighted by Crippen LogP contribution is -2.31. The summed E-state index contributed by atoms with van der Waals surface area (Å²) in [6, 6.07) is 0. The van der Waals surface area contributed by atoms with Crippen LogP contribution in [0.15, 0.2) is 28.8 Å². The molecule has 1 fully saturated rings. The summed E-state index contributed by atoms with van der Waals surface area (Å²) in [5, 5.41) is 4.86. The Morgan fingerprint density at radius 2 is 2.35 bits per heavy atom. The van der Waals surface area contributed by atoms with Crippen LogP contribution in [0.25, 0.3) is 6.08 Å². The molecule has 1 aromatic rings. The van der Waals surface area contributed by atoms with Crippen molar-refractivity contribution in [1.29, 1.82) is 0 Å². The van der Waals surface area contributed by atoms with Crippen LogP contribution in [-0.4, -0.2) is 23.7 Å². The van der Waals surface area contributed by atoms with Gasteiger partial charge in [-0.15, -0.1) is 11.8 Å². The van der Waals surface area contributed by atoms with Crippen molar-refractivity contribution in [2.45, 2.75) is 20.4 Å². The normalized spacial score (nSPS) is 18.7. The zero-order valence-electron chi connectivity index (χ0n) is 10.4. The maximum Gasteiger partial charge on any atom is 0.261 e. The van der Waals surface area contributed by atoms with Crippen molar-refractivity contribution in [2.75, 3.05) is 18.8 Å². The van der Waals surface area contributed by atoms with Crippen molar-refractivity contribution < 1.29 is 4.57 Å². The number of hydrogen-bond acceptors (Lipinski definition) is 3. The van der Waals surface area contributed by atoms with Crippen LogP contribution in [0, 0.1) is 0 Å². The summed E-state index contributed by atoms with van der Waals surface area (Å²) in [5.74, 6) is 1.22. The lowest BCUT2D eigenvalue weighted by atomic mass is 10.4. The molecule has 17 heavy (non-hydrogen) atoms. The summed E-state index contributed by atoms with van der Waals surface area (Å²) >= 11 is 3.74. The summed E-state index contributed by atoms with van der Waals surface area (Å²) in [6.45, 7) is 7.73. The number of allylic oxidation sites excluding steroid dienone is 2. The van der Waals surface area contributed by atoms with E-state index < -0.39 is 0 Å². The predicted molar refractivity (Wildman–Crippen MR) is 77.0 cm³/mol. The number of aryl methyl sites for hydroxylation is 1. The largest absolute Gasteiger partial charge is 0.366 e. The lowest BCUT2D eigenvalue weighted by Gasteiger charge is -2.14. The third kappa shape index (κ3) is 3.13. The van der Waals surface area contributed by atoms with Crippen LogP contribution in [-0.2, 0) is 6.54 Å². The third-order valence-corrected chi connectivity index (χ3v) is 4.78. The highest BCUT2D eigenvalue weighted by Gasteiger charge is 2.14. The first-order valence-corrected chi connectivity index (χ1v) is 7.94. The standard InChI is InChI=1S/C13H19N2S2/c1-3-14-8-10-16-12(14)6-5-7-13-15(4-2)9-11-17-13/h5-8,10H,3-4,9,11H2,1-2H3/q+1. The van der Waals surface area contributed by atoms with Crippen molar-refractivity contribution in [3.05, 3.63) is 33.8 Å². The van der Waals surface area contributed by atoms with Gasteiger partial charge in [0, 0.05) is 24.9 Å². The van der Waals surface area contributed by atoms with Gasteiger partial charge in [-0.05, 0) is 19.9 Å². The Morgan fingerprint density at radius 3 is 3.12 bits per heavy atom. The molecule has 0 spiro atoms. The number of hydrogen-bond donors (Lipinski definition) is 0. The molecule has 4 heteroatoms. The van der Waals surface area contributed by atoms with E-state index >= 15 is 0 Å². The molecular formula is C13H19N2S2+. The molecule has 0 atom stereocenters. The molecule has 2 rings (SSSR count). The van der Waals surface area contributed by atoms with Gasteiger partial charge in [0.2, 0.25) is 0 Å². The fourth-order valence-corrected chi connectivity index (χ4v) is 3.78. The average molecular weight is 267 g/mol. The zero-order valence-corrected chi connectivity index (χ0v) is 12.1. The summed E-state index contributed by atoms with van der Waals surface area (Å²) in [6.07, 6.45) is 8.75. The second-order valence-electron chi connectivity index (χ2n) is 3.82. The van der Waals surface area contributed by atoms with Gasteiger partial charge in [0.1, 0.15) is 6.54 Å². The fraction of sp³-hybridized carbons (Fsp3) is 0.462. The van der Waals surface area contributed by atoms with Gasteiger partial charge in [-0.2, -0.15) is 4.57 Å². The molecule has 0 amide bonds. The van der Waals surface area contributed by atoms with E-state index in [4.69, 9.17) is 0 Å². The Balaban J connectivity index is 2.04. The van der Waals surface area contributed by atoms with E-state index in [-0.39, 0.29) is 0 Å². The van der Waals surface area contributed by atoms with Crippen LogP contribution in [0.1, 0.15) is 18.9 Å². The first-order chi connectivity index (χ1) is 8.35. The van der Waals surface area contributed by atoms with Gasteiger partial charge < -0.3 is 4.90 Å². The Kier molecular flexibility index (Phi) is 4.68. The van der Waals surface area contributed by atoms with Gasteiger partial charge in [-0.25, -0.2) is 0 Å². The summed E-state index contributed by atoms with van der Waals surface area (Å²) in [4.78, 5) is 2.43. The second-order valence-corrected chi connectivity index (χ2v) is 5.86. The number of rotatable bonds is 4. The number of thiazole rings is 1. The highest BCUT2D eigenvalue weighted by atomic mass is 32.2. The highest BCUT2D eigenvalue weighted by molar-refractivity contribution is 8.03. The lowest BCUT2D eigenvalue weighted by molar-refractivity contribution is -0.690. The molecule has 0 aromatic carbocycles. The number of aromatic nitrogens is 1. The van der Waals surface area contributed by atoms with Gasteiger partial charge in [0.15, 0.2) is 6.20 Å². The molecule has 1 aliphatic rings. The smallest absolute Gasteiger partial charge is 0.261 e. The summed E-state index contributed by atoms with van der Waals surface area (Å²) in [7, 11) is 0. The molecule has 0 bridgehead atoms. The van der Waals surface area contributed by atoms with E-state index in [9.17, 15) is 0 Å². The molecule has 0 saturated carbocycles. The molecular weight excluding hydrogens is 248 g/mol. The van der Waals surface area contributed by atoms with Crippen LogP contribution >= 0.6 is 23.1 Å². The fourth-order valence-electron chi connectivity index (χ4n) is 1.85. The molecule has 2 nitrogen and oxygen atoms in total. The Hall–Kier alpha value is -0.740. The third-order valence-electron chi connectivity index (χ3n) is 2.84. The van der Waals surface area contributed by atoms with Crippen molar-refractivity contribution in [2.24, 2.45) is 0 Å². The predicted octanol–water partition coefficient (Wildman–Crippen LogP) is 2.98. The minimum atomic E-state index is 1.04. The zero-order chi connectivity index (χ0) is 12.1. The SMILES string of the molecule is CCN1CCS/C1=C\C=C\c1scc[n+]1CC. The quantitative estimate of drug-likeness (QED) is 0.774. The minimum absolute atomic E-state index is 1.04. The molecule has 1 aliphatic heterocycles. The molecule has 92 valence electrons. The first-order valence-electron chi connectivity index (χ1n) is 6.08. The van der Waals surface area contributed by atoms with Crippen molar-refractivity contribution >= 4 is 29.2 Å². The van der Waals surface area contributed by atoms with Crippen molar-refractivity contribution in [3.63, 3.8) is 0 Å². The van der Waals surface area contributed by atoms with E-state index in [0.717, 1.165) is 13.1 Å². The van der Waals surface area contributed by atoms with E-state index in [1.807, 2.05) is 11.8 Å². The molecule has 0 N–H and O–H groups in total. The van der Waals surface area contributed by atoms with E-state index in [2.05, 4.69) is 53.1 Å². The van der Waals surface area contributed by atoms with Gasteiger partial charge in [-0.3, -0.25) is 0 Å². The van der Waals surface area contributed by atoms with Crippen LogP contribution in [0.5, 0.6) is 0 Å². The van der Waals surface area contributed by atoms with Crippen LogP contribution in [0.2, 0.25) is 0 Å². The molecule has 2 heterocycles. The maximum atomic E-state index is 2.43. The Bertz CT molecular complexity index is 421. The second kappa shape index (κ2) is 6.26. The van der Waals surface area contributed by atoms with E-state index in [0.29, 0.717) is 0 Å². The highest BCUT2D eigenvalue weighted by Crippen LogP contribution is 2.27. The molecule has 1 saturated heterocycles. The minimum Gasteiger partial charge on any atom is -0.366 e. The van der Waals surface area contributed by atoms with E-state index in [1.54, 1.807) is 11.3 Å². The average Bonchev–Trinajstić information content (AvgIpc) is 2.97. The molecule has 0 aliphatic carbocycles. The summed E-state index contributed by atoms with van der Waals surface area (Å²) in [5.41, 5.74) is 0. The first kappa shape index (κ1) is 12.7. The molecule has 0 unspecified atom stereocenters. The van der Waals surface area contributed by atoms with Gasteiger partial charge in [0.25, 0.3) is 5.01 Å². The van der Waals surface area contributed by atoms with Crippen molar-refractivity contribution in [3.8, 4) is 0 Å². The number of nitrogens with zero attached hydrogens (tertiary/aromatic N) is 2. The van der Waals surface area contributed by atoms with Gasteiger partial charge in [0.05, 0.1) is 10.4 Å². The Morgan fingerprint density at radius 1 is 1.47 bits per heavy atom. The molecule has 0 radical (unpaired) electrons. The topological polar surface area (TPSA) is 7.12 Å². The maximum absolute atomic E-state index is 2.43. The number of thioether (sulfide) groups is 1.